The molecule has 0 atom stereocenters. The molecule has 0 spiro atoms. The third kappa shape index (κ3) is 5.06. The highest BCUT2D eigenvalue weighted by molar-refractivity contribution is 5.89. The molecule has 120 valence electrons. The highest BCUT2D eigenvalue weighted by atomic mass is 16.2. The molecule has 0 saturated carbocycles. The Morgan fingerprint density at radius 2 is 1.52 bits per heavy atom. The second kappa shape index (κ2) is 8.89. The molecule has 2 aromatic carbocycles. The van der Waals surface area contributed by atoms with Crippen LogP contribution in [0.1, 0.15) is 50.2 Å². The standard InChI is InChI=1S/C20H24N2O/c1-3-4-11-16(2)21-22-20(23)19(17-12-7-5-8-13-17)18-14-9-6-10-15-18/h5-10,12-15,19H,3-4,11H2,1-2H3,(H,22,23)/b21-16+. The van der Waals surface area contributed by atoms with Crippen LogP contribution in [0.5, 0.6) is 0 Å². The van der Waals surface area contributed by atoms with Gasteiger partial charge >= 0.3 is 0 Å². The van der Waals surface area contributed by atoms with Crippen LogP contribution in [0.15, 0.2) is 65.8 Å². The predicted octanol–water partition coefficient (Wildman–Crippen LogP) is 4.50. The molecule has 0 aliphatic rings. The number of hydrogen-bond donors (Lipinski definition) is 1. The third-order valence-corrected chi connectivity index (χ3v) is 3.78. The molecular weight excluding hydrogens is 284 g/mol. The van der Waals surface area contributed by atoms with Crippen molar-refractivity contribution in [2.24, 2.45) is 5.10 Å². The summed E-state index contributed by atoms with van der Waals surface area (Å²) in [5, 5.41) is 4.25. The van der Waals surface area contributed by atoms with E-state index in [4.69, 9.17) is 0 Å². The second-order valence-electron chi connectivity index (χ2n) is 5.68. The van der Waals surface area contributed by atoms with Gasteiger partial charge < -0.3 is 0 Å². The fourth-order valence-electron chi connectivity index (χ4n) is 2.49. The maximum atomic E-state index is 12.7. The maximum absolute atomic E-state index is 12.7. The Kier molecular flexibility index (Phi) is 6.55. The summed E-state index contributed by atoms with van der Waals surface area (Å²) in [6, 6.07) is 19.6. The van der Waals surface area contributed by atoms with Gasteiger partial charge in [-0.3, -0.25) is 4.79 Å². The minimum absolute atomic E-state index is 0.0988. The lowest BCUT2D eigenvalue weighted by Gasteiger charge is -2.16. The van der Waals surface area contributed by atoms with E-state index in [2.05, 4.69) is 17.5 Å². The summed E-state index contributed by atoms with van der Waals surface area (Å²) in [5.41, 5.74) is 5.64. The molecule has 0 unspecified atom stereocenters. The molecule has 0 bridgehead atoms. The molecule has 0 aliphatic heterocycles. The molecule has 3 heteroatoms. The number of unbranched alkanes of at least 4 members (excludes halogenated alkanes) is 1. The predicted molar refractivity (Wildman–Crippen MR) is 95.5 cm³/mol. The molecule has 0 radical (unpaired) electrons. The molecule has 0 saturated heterocycles. The first-order valence-corrected chi connectivity index (χ1v) is 8.15. The van der Waals surface area contributed by atoms with E-state index in [9.17, 15) is 4.79 Å². The van der Waals surface area contributed by atoms with Crippen molar-refractivity contribution in [1.29, 1.82) is 0 Å². The zero-order valence-electron chi connectivity index (χ0n) is 13.8. The van der Waals surface area contributed by atoms with Crippen molar-refractivity contribution in [1.82, 2.24) is 5.43 Å². The molecule has 2 aromatic rings. The van der Waals surface area contributed by atoms with Crippen molar-refractivity contribution in [3.05, 3.63) is 71.8 Å². The van der Waals surface area contributed by atoms with Crippen LogP contribution >= 0.6 is 0 Å². The Morgan fingerprint density at radius 3 is 2.00 bits per heavy atom. The minimum Gasteiger partial charge on any atom is -0.272 e. The SMILES string of the molecule is CCCC/C(C)=N/NC(=O)C(c1ccccc1)c1ccccc1. The summed E-state index contributed by atoms with van der Waals surface area (Å²) >= 11 is 0. The third-order valence-electron chi connectivity index (χ3n) is 3.78. The van der Waals surface area contributed by atoms with Gasteiger partial charge in [-0.15, -0.1) is 0 Å². The molecule has 1 N–H and O–H groups in total. The van der Waals surface area contributed by atoms with E-state index in [1.807, 2.05) is 67.6 Å². The van der Waals surface area contributed by atoms with Crippen LogP contribution in [0, 0.1) is 0 Å². The minimum atomic E-state index is -0.347. The molecule has 3 nitrogen and oxygen atoms in total. The van der Waals surface area contributed by atoms with Crippen LogP contribution in [-0.4, -0.2) is 11.6 Å². The van der Waals surface area contributed by atoms with Gasteiger partial charge in [0.15, 0.2) is 0 Å². The first-order chi connectivity index (χ1) is 11.2. The summed E-state index contributed by atoms with van der Waals surface area (Å²) in [6.45, 7) is 4.10. The molecule has 0 heterocycles. The lowest BCUT2D eigenvalue weighted by atomic mass is 9.91. The largest absolute Gasteiger partial charge is 0.272 e. The van der Waals surface area contributed by atoms with E-state index in [0.29, 0.717) is 0 Å². The highest BCUT2D eigenvalue weighted by Gasteiger charge is 2.22. The number of nitrogens with one attached hydrogen (secondary N) is 1. The van der Waals surface area contributed by atoms with E-state index in [1.54, 1.807) is 0 Å². The summed E-state index contributed by atoms with van der Waals surface area (Å²) in [5.74, 6) is -0.446. The lowest BCUT2D eigenvalue weighted by Crippen LogP contribution is -2.27. The van der Waals surface area contributed by atoms with Gasteiger partial charge in [-0.05, 0) is 30.9 Å². The van der Waals surface area contributed by atoms with E-state index in [-0.39, 0.29) is 11.8 Å². The number of nitrogens with zero attached hydrogens (tertiary/aromatic N) is 1. The summed E-state index contributed by atoms with van der Waals surface area (Å²) in [4.78, 5) is 12.7. The first kappa shape index (κ1) is 16.9. The summed E-state index contributed by atoms with van der Waals surface area (Å²) in [6.07, 6.45) is 3.13. The van der Waals surface area contributed by atoms with Crippen LogP contribution in [0.3, 0.4) is 0 Å². The van der Waals surface area contributed by atoms with Gasteiger partial charge in [-0.25, -0.2) is 5.43 Å². The molecule has 0 aliphatic carbocycles. The topological polar surface area (TPSA) is 41.5 Å². The van der Waals surface area contributed by atoms with E-state index in [1.165, 1.54) is 0 Å². The monoisotopic (exact) mass is 308 g/mol. The van der Waals surface area contributed by atoms with Gasteiger partial charge in [0.1, 0.15) is 0 Å². The van der Waals surface area contributed by atoms with Crippen molar-refractivity contribution < 1.29 is 4.79 Å². The van der Waals surface area contributed by atoms with Crippen molar-refractivity contribution in [3.8, 4) is 0 Å². The number of hydrazone groups is 1. The Balaban J connectivity index is 2.19. The average Bonchev–Trinajstić information content (AvgIpc) is 2.60. The van der Waals surface area contributed by atoms with Gasteiger partial charge in [0.2, 0.25) is 0 Å². The van der Waals surface area contributed by atoms with Crippen molar-refractivity contribution >= 4 is 11.6 Å². The number of rotatable bonds is 7. The number of amides is 1. The van der Waals surface area contributed by atoms with E-state index >= 15 is 0 Å². The fraction of sp³-hybridized carbons (Fsp3) is 0.300. The van der Waals surface area contributed by atoms with Crippen LogP contribution in [-0.2, 0) is 4.79 Å². The molecule has 1 amide bonds. The fourth-order valence-corrected chi connectivity index (χ4v) is 2.49. The summed E-state index contributed by atoms with van der Waals surface area (Å²) in [7, 11) is 0. The van der Waals surface area contributed by atoms with Gasteiger partial charge in [0.25, 0.3) is 5.91 Å². The number of benzene rings is 2. The van der Waals surface area contributed by atoms with Crippen molar-refractivity contribution in [3.63, 3.8) is 0 Å². The van der Waals surface area contributed by atoms with Gasteiger partial charge in [0, 0.05) is 5.71 Å². The van der Waals surface area contributed by atoms with E-state index in [0.717, 1.165) is 36.1 Å². The van der Waals surface area contributed by atoms with Gasteiger partial charge in [0.05, 0.1) is 5.92 Å². The van der Waals surface area contributed by atoms with Gasteiger partial charge in [-0.1, -0.05) is 74.0 Å². The van der Waals surface area contributed by atoms with Crippen molar-refractivity contribution in [2.75, 3.05) is 0 Å². The zero-order valence-corrected chi connectivity index (χ0v) is 13.8. The lowest BCUT2D eigenvalue weighted by molar-refractivity contribution is -0.121. The molecular formula is C20H24N2O. The maximum Gasteiger partial charge on any atom is 0.252 e. The Hall–Kier alpha value is -2.42. The quantitative estimate of drug-likeness (QED) is 0.594. The van der Waals surface area contributed by atoms with E-state index < -0.39 is 0 Å². The normalized spacial score (nSPS) is 11.5. The second-order valence-corrected chi connectivity index (χ2v) is 5.68. The van der Waals surface area contributed by atoms with Crippen molar-refractivity contribution in [2.45, 2.75) is 39.0 Å². The summed E-state index contributed by atoms with van der Waals surface area (Å²) < 4.78 is 0. The van der Waals surface area contributed by atoms with Gasteiger partial charge in [-0.2, -0.15) is 5.10 Å². The Morgan fingerprint density at radius 1 is 1.00 bits per heavy atom. The smallest absolute Gasteiger partial charge is 0.252 e. The van der Waals surface area contributed by atoms with Crippen LogP contribution in [0.2, 0.25) is 0 Å². The molecule has 0 fully saturated rings. The Bertz CT molecular complexity index is 596. The number of hydrogen-bond acceptors (Lipinski definition) is 2. The van der Waals surface area contributed by atoms with Crippen LogP contribution in [0.4, 0.5) is 0 Å². The van der Waals surface area contributed by atoms with Crippen LogP contribution < -0.4 is 5.43 Å². The number of carbonyl (C=O) groups is 1. The first-order valence-electron chi connectivity index (χ1n) is 8.15. The molecule has 2 rings (SSSR count). The van der Waals surface area contributed by atoms with Crippen LogP contribution in [0.25, 0.3) is 0 Å². The molecule has 0 aromatic heterocycles. The molecule has 23 heavy (non-hydrogen) atoms. The highest BCUT2D eigenvalue weighted by Crippen LogP contribution is 2.24. The Labute approximate surface area is 138 Å². The number of carbonyl (C=O) groups excluding carboxylic acids is 1. The zero-order chi connectivity index (χ0) is 16.5. The average molecular weight is 308 g/mol.